The number of nitrogen functional groups attached to an aromatic ring is 1. The van der Waals surface area contributed by atoms with Crippen LogP contribution >= 0.6 is 15.9 Å². The average Bonchev–Trinajstić information content (AvgIpc) is 2.36. The first-order valence-electron chi connectivity index (χ1n) is 5.50. The van der Waals surface area contributed by atoms with Crippen molar-refractivity contribution in [1.82, 2.24) is 4.98 Å². The van der Waals surface area contributed by atoms with Crippen molar-refractivity contribution in [3.8, 4) is 0 Å². The molecule has 1 aromatic carbocycles. The van der Waals surface area contributed by atoms with E-state index in [0.29, 0.717) is 10.2 Å². The van der Waals surface area contributed by atoms with Gasteiger partial charge in [-0.15, -0.1) is 0 Å². The smallest absolute Gasteiger partial charge is 0.264 e. The number of anilines is 2. The number of nitrogens with two attached hydrogens (primary N) is 1. The predicted octanol–water partition coefficient (Wildman–Crippen LogP) is 2.67. The van der Waals surface area contributed by atoms with Crippen LogP contribution in [-0.2, 0) is 10.0 Å². The van der Waals surface area contributed by atoms with Gasteiger partial charge in [0.1, 0.15) is 15.3 Å². The van der Waals surface area contributed by atoms with Gasteiger partial charge in [-0.1, -0.05) is 0 Å². The van der Waals surface area contributed by atoms with E-state index in [4.69, 9.17) is 5.73 Å². The summed E-state index contributed by atoms with van der Waals surface area (Å²) in [5.74, 6) is -0.857. The third kappa shape index (κ3) is 2.91. The van der Waals surface area contributed by atoms with Crippen LogP contribution in [0.5, 0.6) is 0 Å². The molecule has 1 heterocycles. The molecule has 0 saturated heterocycles. The minimum absolute atomic E-state index is 0.206. The first-order valence-corrected chi connectivity index (χ1v) is 7.78. The van der Waals surface area contributed by atoms with Crippen molar-refractivity contribution >= 4 is 37.3 Å². The van der Waals surface area contributed by atoms with Crippen LogP contribution in [0.25, 0.3) is 0 Å². The lowest BCUT2D eigenvalue weighted by atomic mass is 10.2. The first kappa shape index (κ1) is 14.7. The number of pyridine rings is 1. The highest BCUT2D eigenvalue weighted by Gasteiger charge is 2.21. The lowest BCUT2D eigenvalue weighted by molar-refractivity contribution is 0.570. The largest absolute Gasteiger partial charge is 0.398 e. The molecule has 1 aromatic heterocycles. The molecule has 2 rings (SSSR count). The molecule has 8 heteroatoms. The van der Waals surface area contributed by atoms with Crippen molar-refractivity contribution in [3.63, 3.8) is 0 Å². The Morgan fingerprint density at radius 3 is 2.75 bits per heavy atom. The number of nitrogens with zero attached hydrogens (tertiary/aromatic N) is 1. The molecule has 0 radical (unpaired) electrons. The first-order chi connectivity index (χ1) is 9.31. The van der Waals surface area contributed by atoms with Crippen LogP contribution in [0.4, 0.5) is 15.8 Å². The Morgan fingerprint density at radius 1 is 1.40 bits per heavy atom. The number of aromatic nitrogens is 1. The van der Waals surface area contributed by atoms with Gasteiger partial charge in [0.15, 0.2) is 0 Å². The van der Waals surface area contributed by atoms with Gasteiger partial charge in [-0.25, -0.2) is 17.8 Å². The lowest BCUT2D eigenvalue weighted by Crippen LogP contribution is -2.16. The highest BCUT2D eigenvalue weighted by Crippen LogP contribution is 2.26. The van der Waals surface area contributed by atoms with Gasteiger partial charge in [0.25, 0.3) is 10.0 Å². The number of rotatable bonds is 3. The number of hydrogen-bond acceptors (Lipinski definition) is 4. The van der Waals surface area contributed by atoms with E-state index >= 15 is 0 Å². The molecule has 20 heavy (non-hydrogen) atoms. The molecule has 0 unspecified atom stereocenters. The summed E-state index contributed by atoms with van der Waals surface area (Å²) in [5, 5.41) is 0. The fraction of sp³-hybridized carbons (Fsp3) is 0.0833. The van der Waals surface area contributed by atoms with Gasteiger partial charge in [0.05, 0.1) is 5.69 Å². The van der Waals surface area contributed by atoms with E-state index in [1.165, 1.54) is 12.3 Å². The zero-order valence-corrected chi connectivity index (χ0v) is 12.8. The molecular formula is C12H11BrFN3O2S. The molecule has 5 nitrogen and oxygen atoms in total. The van der Waals surface area contributed by atoms with Gasteiger partial charge in [-0.2, -0.15) is 0 Å². The highest BCUT2D eigenvalue weighted by atomic mass is 79.9. The molecule has 0 bridgehead atoms. The number of aryl methyl sites for hydroxylation is 1. The van der Waals surface area contributed by atoms with E-state index in [1.807, 2.05) is 0 Å². The van der Waals surface area contributed by atoms with E-state index in [-0.39, 0.29) is 11.4 Å². The molecule has 0 atom stereocenters. The van der Waals surface area contributed by atoms with Crippen LogP contribution in [0.2, 0.25) is 0 Å². The van der Waals surface area contributed by atoms with E-state index in [9.17, 15) is 12.8 Å². The van der Waals surface area contributed by atoms with Crippen LogP contribution < -0.4 is 10.5 Å². The van der Waals surface area contributed by atoms with Crippen molar-refractivity contribution < 1.29 is 12.8 Å². The molecule has 3 N–H and O–H groups in total. The SMILES string of the molecule is Cc1cc(F)c(S(=O)(=O)Nc2cccnc2Br)cc1N. The lowest BCUT2D eigenvalue weighted by Gasteiger charge is -2.11. The van der Waals surface area contributed by atoms with Gasteiger partial charge in [0.2, 0.25) is 0 Å². The Morgan fingerprint density at radius 2 is 2.10 bits per heavy atom. The van der Waals surface area contributed by atoms with Gasteiger partial charge in [-0.05, 0) is 52.7 Å². The normalized spacial score (nSPS) is 11.3. The minimum Gasteiger partial charge on any atom is -0.398 e. The fourth-order valence-electron chi connectivity index (χ4n) is 1.54. The zero-order valence-electron chi connectivity index (χ0n) is 10.4. The van der Waals surface area contributed by atoms with E-state index < -0.39 is 20.7 Å². The van der Waals surface area contributed by atoms with Crippen LogP contribution in [0, 0.1) is 12.7 Å². The van der Waals surface area contributed by atoms with E-state index in [1.54, 1.807) is 13.0 Å². The highest BCUT2D eigenvalue weighted by molar-refractivity contribution is 9.10. The summed E-state index contributed by atoms with van der Waals surface area (Å²) in [6, 6.07) is 5.24. The van der Waals surface area contributed by atoms with E-state index in [2.05, 4.69) is 25.6 Å². The fourth-order valence-corrected chi connectivity index (χ4v) is 3.18. The molecular weight excluding hydrogens is 349 g/mol. The molecule has 0 aliphatic rings. The summed E-state index contributed by atoms with van der Waals surface area (Å²) in [5.41, 5.74) is 6.52. The van der Waals surface area contributed by atoms with Crippen molar-refractivity contribution in [2.24, 2.45) is 0 Å². The Kier molecular flexibility index (Phi) is 3.96. The van der Waals surface area contributed by atoms with Crippen molar-refractivity contribution in [2.45, 2.75) is 11.8 Å². The Balaban J connectivity index is 2.47. The Hall–Kier alpha value is -1.67. The molecule has 2 aromatic rings. The van der Waals surface area contributed by atoms with Crippen molar-refractivity contribution in [3.05, 3.63) is 46.4 Å². The third-order valence-electron chi connectivity index (χ3n) is 2.61. The number of hydrogen-bond donors (Lipinski definition) is 2. The maximum absolute atomic E-state index is 13.8. The second kappa shape index (κ2) is 5.37. The van der Waals surface area contributed by atoms with Crippen LogP contribution in [0.1, 0.15) is 5.56 Å². The zero-order chi connectivity index (χ0) is 14.9. The maximum Gasteiger partial charge on any atom is 0.264 e. The number of benzene rings is 1. The topological polar surface area (TPSA) is 85.1 Å². The summed E-state index contributed by atoms with van der Waals surface area (Å²) in [6.45, 7) is 1.60. The predicted molar refractivity (Wildman–Crippen MR) is 78.3 cm³/mol. The summed E-state index contributed by atoms with van der Waals surface area (Å²) >= 11 is 3.11. The van der Waals surface area contributed by atoms with Gasteiger partial charge in [0, 0.05) is 11.9 Å². The van der Waals surface area contributed by atoms with E-state index in [0.717, 1.165) is 12.1 Å². The molecule has 0 fully saturated rings. The average molecular weight is 360 g/mol. The summed E-state index contributed by atoms with van der Waals surface area (Å²) in [4.78, 5) is 3.38. The van der Waals surface area contributed by atoms with Gasteiger partial charge >= 0.3 is 0 Å². The molecule has 106 valence electrons. The second-order valence-electron chi connectivity index (χ2n) is 4.09. The van der Waals surface area contributed by atoms with Gasteiger partial charge in [-0.3, -0.25) is 4.72 Å². The van der Waals surface area contributed by atoms with Crippen LogP contribution in [-0.4, -0.2) is 13.4 Å². The Bertz CT molecular complexity index is 765. The quantitative estimate of drug-likeness (QED) is 0.651. The molecule has 0 saturated carbocycles. The minimum atomic E-state index is -4.08. The summed E-state index contributed by atoms with van der Waals surface area (Å²) in [7, 11) is -4.08. The maximum atomic E-state index is 13.8. The molecule has 0 spiro atoms. The molecule has 0 amide bonds. The summed E-state index contributed by atoms with van der Waals surface area (Å²) in [6.07, 6.45) is 1.49. The van der Waals surface area contributed by atoms with Crippen molar-refractivity contribution in [1.29, 1.82) is 0 Å². The third-order valence-corrected chi connectivity index (χ3v) is 4.63. The summed E-state index contributed by atoms with van der Waals surface area (Å²) < 4.78 is 40.8. The van der Waals surface area contributed by atoms with Crippen LogP contribution in [0.15, 0.2) is 40.0 Å². The Labute approximate surface area is 124 Å². The van der Waals surface area contributed by atoms with Crippen molar-refractivity contribution in [2.75, 3.05) is 10.5 Å². The number of sulfonamides is 1. The van der Waals surface area contributed by atoms with Gasteiger partial charge < -0.3 is 5.73 Å². The van der Waals surface area contributed by atoms with Crippen LogP contribution in [0.3, 0.4) is 0 Å². The molecule has 0 aliphatic carbocycles. The standard InChI is InChI=1S/C12H11BrFN3O2S/c1-7-5-8(14)11(6-9(7)15)20(18,19)17-10-3-2-4-16-12(10)13/h2-6,17H,15H2,1H3. The monoisotopic (exact) mass is 359 g/mol. The molecule has 0 aliphatic heterocycles. The number of nitrogens with one attached hydrogen (secondary N) is 1. The number of halogens is 2. The second-order valence-corrected chi connectivity index (χ2v) is 6.49.